The monoisotopic (exact) mass is 448 g/mol. The molecule has 0 spiro atoms. The predicted molar refractivity (Wildman–Crippen MR) is 122 cm³/mol. The average Bonchev–Trinajstić information content (AvgIpc) is 3.46. The number of nitrogens with zero attached hydrogens (tertiary/aromatic N) is 3. The van der Waals surface area contributed by atoms with Crippen LogP contribution in [0.1, 0.15) is 52.0 Å². The van der Waals surface area contributed by atoms with Gasteiger partial charge in [-0.25, -0.2) is 0 Å². The molecule has 33 heavy (non-hydrogen) atoms. The highest BCUT2D eigenvalue weighted by molar-refractivity contribution is 6.23. The molecule has 5 rings (SSSR count). The number of anilines is 1. The van der Waals surface area contributed by atoms with Crippen molar-refractivity contribution in [1.82, 2.24) is 15.2 Å². The molecule has 0 bridgehead atoms. The lowest BCUT2D eigenvalue weighted by Crippen LogP contribution is -2.45. The van der Waals surface area contributed by atoms with Gasteiger partial charge in [-0.1, -0.05) is 12.1 Å². The number of aromatic nitrogens is 1. The summed E-state index contributed by atoms with van der Waals surface area (Å²) in [6.07, 6.45) is 7.12. The fourth-order valence-corrected chi connectivity index (χ4v) is 4.97. The number of rotatable bonds is 6. The summed E-state index contributed by atoms with van der Waals surface area (Å²) in [6, 6.07) is 9.04. The van der Waals surface area contributed by atoms with Crippen LogP contribution in [-0.4, -0.2) is 60.0 Å². The second kappa shape index (κ2) is 9.31. The van der Waals surface area contributed by atoms with Crippen molar-refractivity contribution in [2.75, 3.05) is 31.1 Å². The Balaban J connectivity index is 1.31. The van der Waals surface area contributed by atoms with Crippen LogP contribution in [0, 0.1) is 5.92 Å². The van der Waals surface area contributed by atoms with E-state index < -0.39 is 0 Å². The van der Waals surface area contributed by atoms with Gasteiger partial charge in [-0.05, 0) is 49.4 Å². The number of hydrogen-bond acceptors (Lipinski definition) is 6. The highest BCUT2D eigenvalue weighted by Crippen LogP contribution is 2.34. The number of benzene rings is 1. The van der Waals surface area contributed by atoms with Crippen LogP contribution >= 0.6 is 0 Å². The van der Waals surface area contributed by atoms with E-state index in [-0.39, 0.29) is 36.3 Å². The minimum Gasteiger partial charge on any atom is -0.376 e. The Morgan fingerprint density at radius 3 is 2.82 bits per heavy atom. The van der Waals surface area contributed by atoms with Crippen LogP contribution in [0.5, 0.6) is 0 Å². The average molecular weight is 449 g/mol. The smallest absolute Gasteiger partial charge is 0.263 e. The second-order valence-electron chi connectivity index (χ2n) is 8.92. The topological polar surface area (TPSA) is 91.8 Å². The van der Waals surface area contributed by atoms with E-state index in [0.29, 0.717) is 24.2 Å². The van der Waals surface area contributed by atoms with Crippen LogP contribution in [0.15, 0.2) is 42.7 Å². The third kappa shape index (κ3) is 4.35. The molecular weight excluding hydrogens is 420 g/mol. The van der Waals surface area contributed by atoms with E-state index in [2.05, 4.69) is 15.2 Å². The van der Waals surface area contributed by atoms with Crippen molar-refractivity contribution in [3.8, 4) is 0 Å². The lowest BCUT2D eigenvalue weighted by molar-refractivity contribution is -0.125. The number of imide groups is 1. The van der Waals surface area contributed by atoms with Gasteiger partial charge in [-0.15, -0.1) is 0 Å². The van der Waals surface area contributed by atoms with E-state index in [1.807, 2.05) is 18.2 Å². The number of hydrogen-bond donors (Lipinski definition) is 1. The van der Waals surface area contributed by atoms with Gasteiger partial charge in [0.05, 0.1) is 35.4 Å². The Morgan fingerprint density at radius 2 is 2.03 bits per heavy atom. The van der Waals surface area contributed by atoms with Gasteiger partial charge in [0.15, 0.2) is 0 Å². The SMILES string of the molecule is O=C(NC[C@@H]1CCCO1)[C@@H]1CCCN(c2cccc3c2C(=O)N(Cc2cccnc2)C3=O)C1. The Hall–Kier alpha value is -3.26. The molecule has 3 amide bonds. The Labute approximate surface area is 192 Å². The molecule has 1 aromatic carbocycles. The fourth-order valence-electron chi connectivity index (χ4n) is 4.97. The van der Waals surface area contributed by atoms with Crippen molar-refractivity contribution in [2.24, 2.45) is 5.92 Å². The maximum absolute atomic E-state index is 13.3. The standard InChI is InChI=1S/C25H28N4O4/c30-23(27-14-19-7-4-12-33-19)18-6-3-11-28(16-18)21-9-1-8-20-22(21)25(32)29(24(20)31)15-17-5-2-10-26-13-17/h1-2,5,8-10,13,18-19H,3-4,6-7,11-12,14-16H2,(H,27,30)/t18-,19+/m1/s1. The zero-order valence-corrected chi connectivity index (χ0v) is 18.5. The molecule has 4 heterocycles. The van der Waals surface area contributed by atoms with Crippen molar-refractivity contribution >= 4 is 23.4 Å². The van der Waals surface area contributed by atoms with Crippen LogP contribution in [0.4, 0.5) is 5.69 Å². The third-order valence-corrected chi connectivity index (χ3v) is 6.70. The molecule has 2 fully saturated rings. The predicted octanol–water partition coefficient (Wildman–Crippen LogP) is 2.39. The van der Waals surface area contributed by atoms with E-state index in [1.165, 1.54) is 4.90 Å². The molecule has 0 saturated carbocycles. The first-order valence-electron chi connectivity index (χ1n) is 11.6. The number of nitrogens with one attached hydrogen (secondary N) is 1. The van der Waals surface area contributed by atoms with Crippen LogP contribution in [0.25, 0.3) is 0 Å². The van der Waals surface area contributed by atoms with E-state index in [9.17, 15) is 14.4 Å². The van der Waals surface area contributed by atoms with Crippen molar-refractivity contribution in [3.63, 3.8) is 0 Å². The summed E-state index contributed by atoms with van der Waals surface area (Å²) < 4.78 is 5.60. The van der Waals surface area contributed by atoms with Crippen LogP contribution in [0.2, 0.25) is 0 Å². The maximum atomic E-state index is 13.3. The molecule has 2 aromatic rings. The molecular formula is C25H28N4O4. The summed E-state index contributed by atoms with van der Waals surface area (Å²) in [7, 11) is 0. The molecule has 0 unspecified atom stereocenters. The van der Waals surface area contributed by atoms with E-state index in [0.717, 1.165) is 50.1 Å². The second-order valence-corrected chi connectivity index (χ2v) is 8.92. The van der Waals surface area contributed by atoms with Gasteiger partial charge in [0, 0.05) is 38.6 Å². The number of ether oxygens (including phenoxy) is 1. The summed E-state index contributed by atoms with van der Waals surface area (Å²) >= 11 is 0. The highest BCUT2D eigenvalue weighted by atomic mass is 16.5. The molecule has 2 atom stereocenters. The quantitative estimate of drug-likeness (QED) is 0.683. The van der Waals surface area contributed by atoms with Gasteiger partial charge < -0.3 is 15.0 Å². The lowest BCUT2D eigenvalue weighted by atomic mass is 9.95. The number of piperidine rings is 1. The highest BCUT2D eigenvalue weighted by Gasteiger charge is 2.39. The number of fused-ring (bicyclic) bond motifs is 1. The fraction of sp³-hybridized carbons (Fsp3) is 0.440. The van der Waals surface area contributed by atoms with Crippen molar-refractivity contribution in [1.29, 1.82) is 0 Å². The van der Waals surface area contributed by atoms with E-state index in [1.54, 1.807) is 24.5 Å². The largest absolute Gasteiger partial charge is 0.376 e. The Bertz CT molecular complexity index is 1050. The molecule has 0 radical (unpaired) electrons. The maximum Gasteiger partial charge on any atom is 0.263 e. The Kier molecular flexibility index (Phi) is 6.09. The summed E-state index contributed by atoms with van der Waals surface area (Å²) in [5.41, 5.74) is 2.39. The summed E-state index contributed by atoms with van der Waals surface area (Å²) in [5, 5.41) is 3.04. The van der Waals surface area contributed by atoms with Gasteiger partial charge in [0.25, 0.3) is 11.8 Å². The van der Waals surface area contributed by atoms with Crippen LogP contribution < -0.4 is 10.2 Å². The van der Waals surface area contributed by atoms with Gasteiger partial charge in [-0.2, -0.15) is 0 Å². The zero-order chi connectivity index (χ0) is 22.8. The molecule has 8 nitrogen and oxygen atoms in total. The molecule has 3 aliphatic heterocycles. The lowest BCUT2D eigenvalue weighted by Gasteiger charge is -2.34. The van der Waals surface area contributed by atoms with E-state index in [4.69, 9.17) is 4.74 Å². The first kappa shape index (κ1) is 21.6. The Morgan fingerprint density at radius 1 is 1.12 bits per heavy atom. The molecule has 0 aliphatic carbocycles. The number of carbonyl (C=O) groups is 3. The number of carbonyl (C=O) groups excluding carboxylic acids is 3. The minimum absolute atomic E-state index is 0.0309. The first-order valence-corrected chi connectivity index (χ1v) is 11.6. The van der Waals surface area contributed by atoms with Crippen molar-refractivity contribution in [2.45, 2.75) is 38.3 Å². The summed E-state index contributed by atoms with van der Waals surface area (Å²) in [4.78, 5) is 46.6. The van der Waals surface area contributed by atoms with Gasteiger partial charge in [0.1, 0.15) is 0 Å². The molecule has 172 valence electrons. The number of pyridine rings is 1. The van der Waals surface area contributed by atoms with Gasteiger partial charge in [0.2, 0.25) is 5.91 Å². The zero-order valence-electron chi connectivity index (χ0n) is 18.5. The molecule has 2 saturated heterocycles. The first-order chi connectivity index (χ1) is 16.1. The van der Waals surface area contributed by atoms with Crippen LogP contribution in [-0.2, 0) is 16.1 Å². The summed E-state index contributed by atoms with van der Waals surface area (Å²) in [6.45, 7) is 2.77. The van der Waals surface area contributed by atoms with E-state index >= 15 is 0 Å². The van der Waals surface area contributed by atoms with Crippen molar-refractivity contribution in [3.05, 3.63) is 59.4 Å². The molecule has 1 aromatic heterocycles. The van der Waals surface area contributed by atoms with Gasteiger partial charge in [-0.3, -0.25) is 24.3 Å². The normalized spacial score (nSPS) is 22.5. The molecule has 3 aliphatic rings. The minimum atomic E-state index is -0.292. The molecule has 1 N–H and O–H groups in total. The number of amides is 3. The third-order valence-electron chi connectivity index (χ3n) is 6.70. The molecule has 8 heteroatoms. The van der Waals surface area contributed by atoms with Gasteiger partial charge >= 0.3 is 0 Å². The van der Waals surface area contributed by atoms with Crippen LogP contribution in [0.3, 0.4) is 0 Å². The van der Waals surface area contributed by atoms with Crippen molar-refractivity contribution < 1.29 is 19.1 Å². The summed E-state index contributed by atoms with van der Waals surface area (Å²) in [5.74, 6) is -0.707.